The Morgan fingerprint density at radius 3 is 2.71 bits per heavy atom. The molecule has 0 saturated carbocycles. The van der Waals surface area contributed by atoms with E-state index in [0.29, 0.717) is 6.04 Å². The van der Waals surface area contributed by atoms with Crippen LogP contribution in [0.3, 0.4) is 0 Å². The summed E-state index contributed by atoms with van der Waals surface area (Å²) in [4.78, 5) is 8.47. The van der Waals surface area contributed by atoms with Crippen LogP contribution in [0.2, 0.25) is 0 Å². The zero-order chi connectivity index (χ0) is 15.5. The number of rotatable bonds is 9. The molecule has 0 aliphatic rings. The van der Waals surface area contributed by atoms with E-state index in [1.54, 1.807) is 11.3 Å². The van der Waals surface area contributed by atoms with Crippen molar-refractivity contribution in [3.8, 4) is 0 Å². The third kappa shape index (κ3) is 6.96. The fraction of sp³-hybridized carbons (Fsp3) is 0.688. The lowest BCUT2D eigenvalue weighted by atomic mass is 10.3. The Labute approximate surface area is 133 Å². The molecule has 21 heavy (non-hydrogen) atoms. The Morgan fingerprint density at radius 1 is 1.33 bits per heavy atom. The average molecular weight is 311 g/mol. The molecule has 120 valence electrons. The van der Waals surface area contributed by atoms with Crippen LogP contribution in [-0.2, 0) is 0 Å². The van der Waals surface area contributed by atoms with Crippen LogP contribution in [0.25, 0.3) is 0 Å². The van der Waals surface area contributed by atoms with E-state index in [4.69, 9.17) is 4.99 Å². The quantitative estimate of drug-likeness (QED) is 0.544. The third-order valence-corrected chi connectivity index (χ3v) is 4.40. The molecular weight excluding hydrogens is 280 g/mol. The molecule has 0 radical (unpaired) electrons. The number of thiophene rings is 1. The zero-order valence-electron chi connectivity index (χ0n) is 13.9. The van der Waals surface area contributed by atoms with Crippen molar-refractivity contribution in [3.05, 3.63) is 22.4 Å². The van der Waals surface area contributed by atoms with Crippen molar-refractivity contribution in [2.45, 2.75) is 40.2 Å². The van der Waals surface area contributed by atoms with Crippen molar-refractivity contribution in [3.63, 3.8) is 0 Å². The van der Waals surface area contributed by atoms with Crippen LogP contribution in [0.5, 0.6) is 0 Å². The molecule has 2 N–H and O–H groups in total. The van der Waals surface area contributed by atoms with Crippen LogP contribution in [0.4, 0.5) is 0 Å². The van der Waals surface area contributed by atoms with Crippen molar-refractivity contribution >= 4 is 17.3 Å². The van der Waals surface area contributed by atoms with Crippen LogP contribution in [0.15, 0.2) is 22.5 Å². The maximum Gasteiger partial charge on any atom is 0.191 e. The molecular formula is C16H30N4S. The summed E-state index contributed by atoms with van der Waals surface area (Å²) in [5.41, 5.74) is 0. The van der Waals surface area contributed by atoms with E-state index in [1.165, 1.54) is 11.3 Å². The fourth-order valence-electron chi connectivity index (χ4n) is 2.18. The Hall–Kier alpha value is -1.07. The minimum Gasteiger partial charge on any atom is -0.357 e. The molecule has 0 aromatic carbocycles. The number of aliphatic imine (C=N–C) groups is 1. The van der Waals surface area contributed by atoms with Gasteiger partial charge in [0.25, 0.3) is 0 Å². The normalized spacial score (nSPS) is 13.5. The van der Waals surface area contributed by atoms with E-state index in [2.05, 4.69) is 60.7 Å². The van der Waals surface area contributed by atoms with Gasteiger partial charge < -0.3 is 15.5 Å². The third-order valence-electron chi connectivity index (χ3n) is 3.34. The Morgan fingerprint density at radius 2 is 2.14 bits per heavy atom. The smallest absolute Gasteiger partial charge is 0.191 e. The van der Waals surface area contributed by atoms with E-state index in [1.807, 2.05) is 0 Å². The second-order valence-electron chi connectivity index (χ2n) is 5.08. The minimum absolute atomic E-state index is 0.292. The number of nitrogens with zero attached hydrogens (tertiary/aromatic N) is 2. The van der Waals surface area contributed by atoms with Gasteiger partial charge in [-0.1, -0.05) is 19.9 Å². The van der Waals surface area contributed by atoms with Crippen molar-refractivity contribution < 1.29 is 0 Å². The summed E-state index contributed by atoms with van der Waals surface area (Å²) in [5.74, 6) is 0.908. The van der Waals surface area contributed by atoms with Crippen LogP contribution in [0, 0.1) is 0 Å². The lowest BCUT2D eigenvalue weighted by Gasteiger charge is -2.20. The lowest BCUT2D eigenvalue weighted by molar-refractivity contribution is 0.297. The second kappa shape index (κ2) is 10.6. The first-order valence-electron chi connectivity index (χ1n) is 8.01. The molecule has 0 fully saturated rings. The number of guanidine groups is 1. The molecule has 0 amide bonds. The van der Waals surface area contributed by atoms with E-state index in [9.17, 15) is 0 Å². The summed E-state index contributed by atoms with van der Waals surface area (Å²) in [6.07, 6.45) is 1.20. The van der Waals surface area contributed by atoms with Crippen LogP contribution >= 0.6 is 11.3 Å². The van der Waals surface area contributed by atoms with Gasteiger partial charge in [0.2, 0.25) is 0 Å². The maximum atomic E-state index is 4.69. The van der Waals surface area contributed by atoms with Gasteiger partial charge in [-0.05, 0) is 44.8 Å². The highest BCUT2D eigenvalue weighted by molar-refractivity contribution is 7.10. The van der Waals surface area contributed by atoms with E-state index >= 15 is 0 Å². The summed E-state index contributed by atoms with van der Waals surface area (Å²) in [5, 5.41) is 8.91. The molecule has 0 bridgehead atoms. The molecule has 1 atom stereocenters. The van der Waals surface area contributed by atoms with Crippen LogP contribution in [0.1, 0.15) is 45.0 Å². The largest absolute Gasteiger partial charge is 0.357 e. The van der Waals surface area contributed by atoms with Gasteiger partial charge in [0.1, 0.15) is 0 Å². The SMILES string of the molecule is CCCN(CC)CCN=C(NCC)NC(C)c1cccs1. The first kappa shape index (κ1) is 18.0. The second-order valence-corrected chi connectivity index (χ2v) is 6.06. The van der Waals surface area contributed by atoms with Crippen LogP contribution < -0.4 is 10.6 Å². The highest BCUT2D eigenvalue weighted by Crippen LogP contribution is 2.17. The number of hydrogen-bond donors (Lipinski definition) is 2. The van der Waals surface area contributed by atoms with Gasteiger partial charge in [-0.15, -0.1) is 11.3 Å². The predicted molar refractivity (Wildman–Crippen MR) is 94.3 cm³/mol. The zero-order valence-corrected chi connectivity index (χ0v) is 14.7. The fourth-order valence-corrected chi connectivity index (χ4v) is 2.92. The summed E-state index contributed by atoms with van der Waals surface area (Å²) in [6.45, 7) is 13.7. The van der Waals surface area contributed by atoms with Gasteiger partial charge in [0.05, 0.1) is 12.6 Å². The molecule has 0 spiro atoms. The standard InChI is InChI=1S/C16H30N4S/c1-5-11-20(7-3)12-10-18-16(17-6-2)19-14(4)15-9-8-13-21-15/h8-9,13-14H,5-7,10-12H2,1-4H3,(H2,17,18,19). The van der Waals surface area contributed by atoms with E-state index in [-0.39, 0.29) is 0 Å². The Balaban J connectivity index is 2.49. The average Bonchev–Trinajstić information content (AvgIpc) is 3.00. The Kier molecular flexibility index (Phi) is 9.10. The van der Waals surface area contributed by atoms with Gasteiger partial charge >= 0.3 is 0 Å². The monoisotopic (exact) mass is 310 g/mol. The summed E-state index contributed by atoms with van der Waals surface area (Å²) >= 11 is 1.78. The van der Waals surface area contributed by atoms with Gasteiger partial charge in [-0.2, -0.15) is 0 Å². The Bertz CT molecular complexity index is 389. The van der Waals surface area contributed by atoms with Crippen molar-refractivity contribution in [2.75, 3.05) is 32.7 Å². The number of hydrogen-bond acceptors (Lipinski definition) is 3. The minimum atomic E-state index is 0.292. The van der Waals surface area contributed by atoms with Gasteiger partial charge in [0, 0.05) is 18.0 Å². The molecule has 1 rings (SSSR count). The molecule has 1 heterocycles. The number of nitrogens with one attached hydrogen (secondary N) is 2. The number of likely N-dealkylation sites (N-methyl/N-ethyl adjacent to an activating group) is 1. The molecule has 0 aliphatic heterocycles. The molecule has 5 heteroatoms. The van der Waals surface area contributed by atoms with Gasteiger partial charge in [-0.25, -0.2) is 0 Å². The topological polar surface area (TPSA) is 39.7 Å². The highest BCUT2D eigenvalue weighted by atomic mass is 32.1. The first-order valence-corrected chi connectivity index (χ1v) is 8.89. The highest BCUT2D eigenvalue weighted by Gasteiger charge is 2.08. The molecule has 1 unspecified atom stereocenters. The van der Waals surface area contributed by atoms with Gasteiger partial charge in [0.15, 0.2) is 5.96 Å². The molecule has 1 aromatic heterocycles. The van der Waals surface area contributed by atoms with Crippen molar-refractivity contribution in [2.24, 2.45) is 4.99 Å². The summed E-state index contributed by atoms with van der Waals surface area (Å²) in [7, 11) is 0. The first-order chi connectivity index (χ1) is 10.2. The summed E-state index contributed by atoms with van der Waals surface area (Å²) < 4.78 is 0. The molecule has 0 aliphatic carbocycles. The molecule has 0 saturated heterocycles. The van der Waals surface area contributed by atoms with E-state index in [0.717, 1.165) is 38.7 Å². The maximum absolute atomic E-state index is 4.69. The summed E-state index contributed by atoms with van der Waals surface area (Å²) in [6, 6.07) is 4.54. The van der Waals surface area contributed by atoms with Crippen molar-refractivity contribution in [1.82, 2.24) is 15.5 Å². The molecule has 1 aromatic rings. The van der Waals surface area contributed by atoms with Gasteiger partial charge in [-0.3, -0.25) is 4.99 Å². The predicted octanol–water partition coefficient (Wildman–Crippen LogP) is 3.10. The molecule has 4 nitrogen and oxygen atoms in total. The van der Waals surface area contributed by atoms with Crippen LogP contribution in [-0.4, -0.2) is 43.6 Å². The lowest BCUT2D eigenvalue weighted by Crippen LogP contribution is -2.39. The van der Waals surface area contributed by atoms with E-state index < -0.39 is 0 Å². The van der Waals surface area contributed by atoms with Crippen molar-refractivity contribution in [1.29, 1.82) is 0 Å².